The summed E-state index contributed by atoms with van der Waals surface area (Å²) in [5.41, 5.74) is 2.31. The SMILES string of the molecule is O=C(Nc1cccc(CN2C(=O)CNC2=O)c1)C1CCCN(C(=O)Cc2ccccc2)C1. The Kier molecular flexibility index (Phi) is 6.49. The summed E-state index contributed by atoms with van der Waals surface area (Å²) in [6.45, 7) is 1.23. The Morgan fingerprint density at radius 2 is 1.81 bits per heavy atom. The molecular weight excluding hydrogens is 408 g/mol. The standard InChI is InChI=1S/C24H26N4O4/c29-21(13-17-6-2-1-3-7-17)27-11-5-9-19(16-27)23(31)26-20-10-4-8-18(12-20)15-28-22(30)14-25-24(28)32/h1-4,6-8,10,12,19H,5,9,11,13-16H2,(H,25,32)(H,26,31). The maximum atomic E-state index is 12.9. The van der Waals surface area contributed by atoms with Gasteiger partial charge in [-0.25, -0.2) is 4.79 Å². The fourth-order valence-corrected chi connectivity index (χ4v) is 4.09. The molecule has 2 saturated heterocycles. The van der Waals surface area contributed by atoms with Crippen LogP contribution in [0.1, 0.15) is 24.0 Å². The zero-order chi connectivity index (χ0) is 22.5. The lowest BCUT2D eigenvalue weighted by Crippen LogP contribution is -2.44. The predicted octanol–water partition coefficient (Wildman–Crippen LogP) is 2.16. The molecule has 0 spiro atoms. The average molecular weight is 434 g/mol. The number of carbonyl (C=O) groups excluding carboxylic acids is 4. The van der Waals surface area contributed by atoms with Crippen LogP contribution < -0.4 is 10.6 Å². The number of carbonyl (C=O) groups is 4. The number of nitrogens with one attached hydrogen (secondary N) is 2. The first-order valence-corrected chi connectivity index (χ1v) is 10.8. The molecule has 5 amide bonds. The monoisotopic (exact) mass is 434 g/mol. The lowest BCUT2D eigenvalue weighted by Gasteiger charge is -2.32. The van der Waals surface area contributed by atoms with Gasteiger partial charge in [-0.3, -0.25) is 19.3 Å². The van der Waals surface area contributed by atoms with Crippen molar-refractivity contribution >= 4 is 29.4 Å². The largest absolute Gasteiger partial charge is 0.342 e. The average Bonchev–Trinajstić information content (AvgIpc) is 3.12. The maximum Gasteiger partial charge on any atom is 0.324 e. The Bertz CT molecular complexity index is 1010. The fraction of sp³-hybridized carbons (Fsp3) is 0.333. The van der Waals surface area contributed by atoms with Crippen LogP contribution in [-0.2, 0) is 27.3 Å². The van der Waals surface area contributed by atoms with E-state index in [1.54, 1.807) is 29.2 Å². The van der Waals surface area contributed by atoms with E-state index in [1.165, 1.54) is 0 Å². The van der Waals surface area contributed by atoms with Crippen LogP contribution in [0, 0.1) is 5.92 Å². The minimum Gasteiger partial charge on any atom is -0.342 e. The first kappa shape index (κ1) is 21.5. The number of likely N-dealkylation sites (tertiary alicyclic amines) is 1. The van der Waals surface area contributed by atoms with Crippen molar-refractivity contribution in [2.45, 2.75) is 25.8 Å². The van der Waals surface area contributed by atoms with Crippen molar-refractivity contribution in [2.24, 2.45) is 5.92 Å². The van der Waals surface area contributed by atoms with Gasteiger partial charge in [0.05, 0.1) is 25.4 Å². The minimum absolute atomic E-state index is 0.0103. The van der Waals surface area contributed by atoms with Gasteiger partial charge in [-0.2, -0.15) is 0 Å². The highest BCUT2D eigenvalue weighted by atomic mass is 16.2. The van der Waals surface area contributed by atoms with Gasteiger partial charge < -0.3 is 15.5 Å². The van der Waals surface area contributed by atoms with E-state index in [9.17, 15) is 19.2 Å². The van der Waals surface area contributed by atoms with Gasteiger partial charge >= 0.3 is 6.03 Å². The predicted molar refractivity (Wildman–Crippen MR) is 118 cm³/mol. The number of amides is 5. The van der Waals surface area contributed by atoms with Gasteiger partial charge in [0.25, 0.3) is 0 Å². The number of hydrogen-bond acceptors (Lipinski definition) is 4. The van der Waals surface area contributed by atoms with Gasteiger partial charge in [0.15, 0.2) is 0 Å². The third-order valence-electron chi connectivity index (χ3n) is 5.82. The maximum absolute atomic E-state index is 12.9. The molecule has 8 nitrogen and oxygen atoms in total. The second-order valence-corrected chi connectivity index (χ2v) is 8.17. The number of imide groups is 1. The molecule has 0 aliphatic carbocycles. The Balaban J connectivity index is 1.34. The van der Waals surface area contributed by atoms with Crippen LogP contribution in [-0.4, -0.2) is 53.2 Å². The van der Waals surface area contributed by atoms with Crippen LogP contribution in [0.2, 0.25) is 0 Å². The third kappa shape index (κ3) is 5.14. The Morgan fingerprint density at radius 1 is 1.03 bits per heavy atom. The molecule has 2 aromatic carbocycles. The van der Waals surface area contributed by atoms with E-state index in [0.29, 0.717) is 25.2 Å². The van der Waals surface area contributed by atoms with Crippen molar-refractivity contribution in [1.82, 2.24) is 15.1 Å². The summed E-state index contributed by atoms with van der Waals surface area (Å²) in [4.78, 5) is 52.0. The second-order valence-electron chi connectivity index (χ2n) is 8.17. The molecule has 2 aromatic rings. The summed E-state index contributed by atoms with van der Waals surface area (Å²) in [5, 5.41) is 5.42. The third-order valence-corrected chi connectivity index (χ3v) is 5.82. The number of urea groups is 1. The van der Waals surface area contributed by atoms with E-state index in [0.717, 1.165) is 28.9 Å². The number of nitrogens with zero attached hydrogens (tertiary/aromatic N) is 2. The van der Waals surface area contributed by atoms with Crippen molar-refractivity contribution < 1.29 is 19.2 Å². The van der Waals surface area contributed by atoms with E-state index in [-0.39, 0.29) is 36.7 Å². The second kappa shape index (κ2) is 9.64. The van der Waals surface area contributed by atoms with E-state index >= 15 is 0 Å². The quantitative estimate of drug-likeness (QED) is 0.681. The van der Waals surface area contributed by atoms with Crippen molar-refractivity contribution in [1.29, 1.82) is 0 Å². The summed E-state index contributed by atoms with van der Waals surface area (Å²) >= 11 is 0. The summed E-state index contributed by atoms with van der Waals surface area (Å²) in [6, 6.07) is 16.3. The molecule has 0 aromatic heterocycles. The van der Waals surface area contributed by atoms with E-state index < -0.39 is 6.03 Å². The van der Waals surface area contributed by atoms with E-state index in [4.69, 9.17) is 0 Å². The molecule has 0 radical (unpaired) electrons. The molecule has 2 fully saturated rings. The van der Waals surface area contributed by atoms with Crippen LogP contribution >= 0.6 is 0 Å². The molecule has 0 bridgehead atoms. The van der Waals surface area contributed by atoms with Gasteiger partial charge in [-0.15, -0.1) is 0 Å². The lowest BCUT2D eigenvalue weighted by molar-refractivity contribution is -0.134. The molecular formula is C24H26N4O4. The van der Waals surface area contributed by atoms with Crippen molar-refractivity contribution in [3.63, 3.8) is 0 Å². The lowest BCUT2D eigenvalue weighted by atomic mass is 9.96. The highest BCUT2D eigenvalue weighted by Crippen LogP contribution is 2.21. The van der Waals surface area contributed by atoms with E-state index in [1.807, 2.05) is 30.3 Å². The molecule has 32 heavy (non-hydrogen) atoms. The smallest absolute Gasteiger partial charge is 0.324 e. The molecule has 2 aliphatic rings. The number of rotatable bonds is 6. The molecule has 1 unspecified atom stereocenters. The summed E-state index contributed by atoms with van der Waals surface area (Å²) < 4.78 is 0. The Labute approximate surface area is 186 Å². The van der Waals surface area contributed by atoms with E-state index in [2.05, 4.69) is 10.6 Å². The van der Waals surface area contributed by atoms with Gasteiger partial charge in [0.2, 0.25) is 17.7 Å². The van der Waals surface area contributed by atoms with Crippen molar-refractivity contribution in [2.75, 3.05) is 25.0 Å². The summed E-state index contributed by atoms with van der Waals surface area (Å²) in [7, 11) is 0. The van der Waals surface area contributed by atoms with Crippen LogP contribution in [0.25, 0.3) is 0 Å². The van der Waals surface area contributed by atoms with Gasteiger partial charge in [-0.05, 0) is 36.1 Å². The van der Waals surface area contributed by atoms with Gasteiger partial charge in [0, 0.05) is 18.8 Å². The van der Waals surface area contributed by atoms with Crippen LogP contribution in [0.3, 0.4) is 0 Å². The molecule has 166 valence electrons. The molecule has 1 atom stereocenters. The zero-order valence-electron chi connectivity index (χ0n) is 17.8. The van der Waals surface area contributed by atoms with Crippen LogP contribution in [0.15, 0.2) is 54.6 Å². The zero-order valence-corrected chi connectivity index (χ0v) is 17.8. The fourth-order valence-electron chi connectivity index (χ4n) is 4.09. The number of benzene rings is 2. The molecule has 2 N–H and O–H groups in total. The minimum atomic E-state index is -0.410. The first-order chi connectivity index (χ1) is 15.5. The van der Waals surface area contributed by atoms with Crippen LogP contribution in [0.5, 0.6) is 0 Å². The topological polar surface area (TPSA) is 98.8 Å². The van der Waals surface area contributed by atoms with Crippen molar-refractivity contribution in [3.05, 3.63) is 65.7 Å². The summed E-state index contributed by atoms with van der Waals surface area (Å²) in [6.07, 6.45) is 1.84. The Morgan fingerprint density at radius 3 is 2.56 bits per heavy atom. The van der Waals surface area contributed by atoms with Gasteiger partial charge in [-0.1, -0.05) is 42.5 Å². The molecule has 8 heteroatoms. The first-order valence-electron chi connectivity index (χ1n) is 10.8. The van der Waals surface area contributed by atoms with Crippen molar-refractivity contribution in [3.8, 4) is 0 Å². The number of piperidine rings is 1. The molecule has 2 heterocycles. The Hall–Kier alpha value is -3.68. The normalized spacial score (nSPS) is 18.4. The molecule has 2 aliphatic heterocycles. The van der Waals surface area contributed by atoms with Gasteiger partial charge in [0.1, 0.15) is 0 Å². The number of anilines is 1. The van der Waals surface area contributed by atoms with Crippen LogP contribution in [0.4, 0.5) is 10.5 Å². The highest BCUT2D eigenvalue weighted by Gasteiger charge is 2.30. The summed E-state index contributed by atoms with van der Waals surface area (Å²) in [5.74, 6) is -0.649. The molecule has 0 saturated carbocycles. The number of hydrogen-bond donors (Lipinski definition) is 2. The highest BCUT2D eigenvalue weighted by molar-refractivity contribution is 6.01. The molecule has 4 rings (SSSR count).